The van der Waals surface area contributed by atoms with E-state index in [2.05, 4.69) is 4.98 Å². The summed E-state index contributed by atoms with van der Waals surface area (Å²) in [4.78, 5) is 33.2. The Labute approximate surface area is 139 Å². The number of amides is 2. The number of fused-ring (bicyclic) bond motifs is 1. The molecular weight excluding hydrogens is 312 g/mol. The van der Waals surface area contributed by atoms with Crippen LogP contribution in [0.2, 0.25) is 0 Å². The van der Waals surface area contributed by atoms with Crippen LogP contribution < -0.4 is 0 Å². The third-order valence-electron chi connectivity index (χ3n) is 4.09. The van der Waals surface area contributed by atoms with Crippen molar-refractivity contribution in [2.45, 2.75) is 19.9 Å². The average Bonchev–Trinajstić information content (AvgIpc) is 3.21. The first-order valence-corrected chi connectivity index (χ1v) is 8.92. The molecule has 0 saturated carbocycles. The fourth-order valence-electron chi connectivity index (χ4n) is 2.78. The number of thioether (sulfide) groups is 1. The predicted octanol–water partition coefficient (Wildman–Crippen LogP) is 1.72. The van der Waals surface area contributed by atoms with Crippen LogP contribution in [0.4, 0.5) is 0 Å². The van der Waals surface area contributed by atoms with Crippen LogP contribution >= 0.6 is 11.8 Å². The Hall–Kier alpha value is -2.02. The van der Waals surface area contributed by atoms with E-state index in [-0.39, 0.29) is 11.8 Å². The van der Waals surface area contributed by atoms with E-state index in [1.165, 1.54) is 0 Å². The van der Waals surface area contributed by atoms with Crippen LogP contribution in [0.25, 0.3) is 5.65 Å². The summed E-state index contributed by atoms with van der Waals surface area (Å²) in [5.74, 6) is 1.03. The molecule has 1 aliphatic rings. The van der Waals surface area contributed by atoms with Gasteiger partial charge >= 0.3 is 0 Å². The summed E-state index contributed by atoms with van der Waals surface area (Å²) < 4.78 is 1.82. The highest BCUT2D eigenvalue weighted by molar-refractivity contribution is 7.99. The van der Waals surface area contributed by atoms with Crippen molar-refractivity contribution >= 4 is 29.2 Å². The minimum atomic E-state index is -0.391. The third-order valence-corrected chi connectivity index (χ3v) is 5.10. The highest BCUT2D eigenvalue weighted by Gasteiger charge is 2.37. The Morgan fingerprint density at radius 1 is 1.35 bits per heavy atom. The fraction of sp³-hybridized carbons (Fsp3) is 0.438. The summed E-state index contributed by atoms with van der Waals surface area (Å²) in [5.41, 5.74) is 1.12. The Morgan fingerprint density at radius 3 is 2.83 bits per heavy atom. The average molecular weight is 332 g/mol. The van der Waals surface area contributed by atoms with E-state index in [9.17, 15) is 9.59 Å². The minimum Gasteiger partial charge on any atom is -0.341 e. The number of carbonyl (C=O) groups excluding carboxylic acids is 2. The van der Waals surface area contributed by atoms with Gasteiger partial charge in [-0.1, -0.05) is 6.07 Å². The molecule has 0 spiro atoms. The lowest BCUT2D eigenvalue weighted by atomic mass is 10.2. The quantitative estimate of drug-likeness (QED) is 0.855. The lowest BCUT2D eigenvalue weighted by molar-refractivity contribution is -0.134. The molecular formula is C16H20N4O2S. The number of hydrogen-bond donors (Lipinski definition) is 0. The molecule has 0 N–H and O–H groups in total. The van der Waals surface area contributed by atoms with Gasteiger partial charge in [-0.2, -0.15) is 0 Å². The molecule has 0 aromatic carbocycles. The molecule has 0 unspecified atom stereocenters. The summed E-state index contributed by atoms with van der Waals surface area (Å²) >= 11 is 1.61. The Kier molecular flexibility index (Phi) is 4.56. The number of rotatable bonds is 4. The van der Waals surface area contributed by atoms with Gasteiger partial charge in [-0.15, -0.1) is 11.8 Å². The second-order valence-electron chi connectivity index (χ2n) is 5.39. The summed E-state index contributed by atoms with van der Waals surface area (Å²) in [6.07, 6.45) is 3.58. The van der Waals surface area contributed by atoms with Gasteiger partial charge in [0.25, 0.3) is 5.91 Å². The molecule has 1 fully saturated rings. The second kappa shape index (κ2) is 6.62. The molecule has 0 radical (unpaired) electrons. The van der Waals surface area contributed by atoms with Gasteiger partial charge in [0.15, 0.2) is 0 Å². The number of imidazole rings is 1. The van der Waals surface area contributed by atoms with Gasteiger partial charge in [0, 0.05) is 31.2 Å². The maximum Gasteiger partial charge on any atom is 0.275 e. The van der Waals surface area contributed by atoms with Crippen molar-refractivity contribution in [1.82, 2.24) is 19.2 Å². The van der Waals surface area contributed by atoms with Crippen molar-refractivity contribution in [3.8, 4) is 0 Å². The zero-order chi connectivity index (χ0) is 16.4. The molecule has 0 bridgehead atoms. The Morgan fingerprint density at radius 2 is 2.13 bits per heavy atom. The van der Waals surface area contributed by atoms with Crippen LogP contribution in [-0.2, 0) is 4.79 Å². The van der Waals surface area contributed by atoms with Crippen molar-refractivity contribution in [3.05, 3.63) is 36.3 Å². The van der Waals surface area contributed by atoms with Crippen LogP contribution in [0.1, 0.15) is 24.3 Å². The Balaban J connectivity index is 1.84. The van der Waals surface area contributed by atoms with E-state index in [0.717, 1.165) is 5.65 Å². The van der Waals surface area contributed by atoms with Gasteiger partial charge in [0.2, 0.25) is 5.91 Å². The van der Waals surface area contributed by atoms with Crippen LogP contribution in [0.3, 0.4) is 0 Å². The second-order valence-corrected chi connectivity index (χ2v) is 6.39. The summed E-state index contributed by atoms with van der Waals surface area (Å²) in [7, 11) is 0. The van der Waals surface area contributed by atoms with E-state index in [0.29, 0.717) is 30.4 Å². The monoisotopic (exact) mass is 332 g/mol. The van der Waals surface area contributed by atoms with E-state index < -0.39 is 6.04 Å². The topological polar surface area (TPSA) is 57.9 Å². The molecule has 7 heteroatoms. The van der Waals surface area contributed by atoms with Crippen molar-refractivity contribution < 1.29 is 9.59 Å². The molecule has 1 atom stereocenters. The van der Waals surface area contributed by atoms with E-state index in [1.54, 1.807) is 27.8 Å². The van der Waals surface area contributed by atoms with Gasteiger partial charge < -0.3 is 14.2 Å². The fourth-order valence-corrected chi connectivity index (χ4v) is 3.92. The molecule has 2 aromatic rings. The smallest absolute Gasteiger partial charge is 0.275 e. The normalized spacial score (nSPS) is 17.7. The van der Waals surface area contributed by atoms with Crippen molar-refractivity contribution in [2.24, 2.45) is 0 Å². The first kappa shape index (κ1) is 15.9. The molecule has 3 rings (SSSR count). The van der Waals surface area contributed by atoms with Crippen molar-refractivity contribution in [2.75, 3.05) is 24.7 Å². The lowest BCUT2D eigenvalue weighted by Gasteiger charge is -2.27. The SMILES string of the molecule is CCN(CC)C(=O)[C@H]1CSCN1C(=O)c1cn2ccccc2n1. The van der Waals surface area contributed by atoms with Crippen LogP contribution in [-0.4, -0.2) is 61.8 Å². The molecule has 122 valence electrons. The minimum absolute atomic E-state index is 0.0251. The highest BCUT2D eigenvalue weighted by Crippen LogP contribution is 2.24. The number of likely N-dealkylation sites (N-methyl/N-ethyl adjacent to an activating group) is 1. The largest absolute Gasteiger partial charge is 0.341 e. The first-order valence-electron chi connectivity index (χ1n) is 7.77. The number of hydrogen-bond acceptors (Lipinski definition) is 4. The number of aromatic nitrogens is 2. The maximum absolute atomic E-state index is 12.8. The standard InChI is InChI=1S/C16H20N4O2S/c1-3-18(4-2)16(22)13-10-23-11-20(13)15(21)12-9-19-8-6-5-7-14(19)17-12/h5-9,13H,3-4,10-11H2,1-2H3/t13-/m1/s1. The Bertz CT molecular complexity index is 693. The van der Waals surface area contributed by atoms with E-state index in [1.807, 2.05) is 42.6 Å². The lowest BCUT2D eigenvalue weighted by Crippen LogP contribution is -2.49. The molecule has 2 amide bonds. The van der Waals surface area contributed by atoms with Crippen LogP contribution in [0.5, 0.6) is 0 Å². The third kappa shape index (κ3) is 2.93. The molecule has 2 aromatic heterocycles. The van der Waals surface area contributed by atoms with E-state index >= 15 is 0 Å². The maximum atomic E-state index is 12.8. The number of pyridine rings is 1. The highest BCUT2D eigenvalue weighted by atomic mass is 32.2. The summed E-state index contributed by atoms with van der Waals surface area (Å²) in [6.45, 7) is 5.23. The molecule has 1 aliphatic heterocycles. The number of carbonyl (C=O) groups is 2. The molecule has 1 saturated heterocycles. The van der Waals surface area contributed by atoms with Gasteiger partial charge in [0.1, 0.15) is 17.4 Å². The van der Waals surface area contributed by atoms with Crippen LogP contribution in [0, 0.1) is 0 Å². The predicted molar refractivity (Wildman–Crippen MR) is 90.4 cm³/mol. The molecule has 23 heavy (non-hydrogen) atoms. The first-order chi connectivity index (χ1) is 11.2. The van der Waals surface area contributed by atoms with Gasteiger partial charge in [0.05, 0.1) is 5.88 Å². The summed E-state index contributed by atoms with van der Waals surface area (Å²) in [5, 5.41) is 0. The van der Waals surface area contributed by atoms with Crippen molar-refractivity contribution in [1.29, 1.82) is 0 Å². The van der Waals surface area contributed by atoms with Gasteiger partial charge in [-0.3, -0.25) is 9.59 Å². The van der Waals surface area contributed by atoms with Crippen LogP contribution in [0.15, 0.2) is 30.6 Å². The molecule has 3 heterocycles. The number of nitrogens with zero attached hydrogens (tertiary/aromatic N) is 4. The summed E-state index contributed by atoms with van der Waals surface area (Å²) in [6, 6.07) is 5.24. The zero-order valence-corrected chi connectivity index (χ0v) is 14.1. The van der Waals surface area contributed by atoms with E-state index in [4.69, 9.17) is 0 Å². The molecule has 0 aliphatic carbocycles. The van der Waals surface area contributed by atoms with Gasteiger partial charge in [-0.05, 0) is 26.0 Å². The molecule has 6 nitrogen and oxygen atoms in total. The van der Waals surface area contributed by atoms with Gasteiger partial charge in [-0.25, -0.2) is 4.98 Å². The zero-order valence-electron chi connectivity index (χ0n) is 13.3. The van der Waals surface area contributed by atoms with Crippen molar-refractivity contribution in [3.63, 3.8) is 0 Å².